The highest BCUT2D eigenvalue weighted by Crippen LogP contribution is 2.39. The van der Waals surface area contributed by atoms with Gasteiger partial charge >= 0.3 is 4.87 Å². The smallest absolute Gasteiger partial charge is 0.304 e. The van der Waals surface area contributed by atoms with Gasteiger partial charge in [0.1, 0.15) is 0 Å². The molecule has 0 unspecified atom stereocenters. The minimum atomic E-state index is -0.0458. The fourth-order valence-electron chi connectivity index (χ4n) is 2.03. The Morgan fingerprint density at radius 3 is 2.43 bits per heavy atom. The summed E-state index contributed by atoms with van der Waals surface area (Å²) in [5.41, 5.74) is 1.82. The van der Waals surface area contributed by atoms with Gasteiger partial charge in [0.2, 0.25) is 5.75 Å². The van der Waals surface area contributed by atoms with E-state index in [1.54, 1.807) is 26.7 Å². The van der Waals surface area contributed by atoms with Crippen molar-refractivity contribution in [2.75, 3.05) is 21.3 Å². The number of ether oxygens (including phenoxy) is 3. The third-order valence-corrected chi connectivity index (χ3v) is 3.71. The summed E-state index contributed by atoms with van der Waals surface area (Å²) in [5, 5.41) is 5.06. The van der Waals surface area contributed by atoms with Gasteiger partial charge in [0.05, 0.1) is 21.3 Å². The third kappa shape index (κ3) is 3.56. The molecule has 0 radical (unpaired) electrons. The first-order valence-corrected chi connectivity index (χ1v) is 7.22. The second kappa shape index (κ2) is 7.14. The Kier molecular flexibility index (Phi) is 5.24. The van der Waals surface area contributed by atoms with Crippen LogP contribution >= 0.6 is 11.3 Å². The molecule has 2 rings (SSSR count). The van der Waals surface area contributed by atoms with Gasteiger partial charge in [0.25, 0.3) is 0 Å². The van der Waals surface area contributed by atoms with Crippen LogP contribution in [0.5, 0.6) is 17.2 Å². The molecule has 0 amide bonds. The SMILES string of the molecule is COc1ccc(CNCc2csc(=O)[nH]2)c(OC)c1OC. The van der Waals surface area contributed by atoms with E-state index in [1.165, 1.54) is 0 Å². The summed E-state index contributed by atoms with van der Waals surface area (Å²) in [4.78, 5) is 13.8. The maximum atomic E-state index is 11.1. The van der Waals surface area contributed by atoms with E-state index in [1.807, 2.05) is 12.1 Å². The largest absolute Gasteiger partial charge is 0.493 e. The average molecular weight is 310 g/mol. The van der Waals surface area contributed by atoms with Crippen molar-refractivity contribution < 1.29 is 14.2 Å². The zero-order valence-electron chi connectivity index (χ0n) is 12.2. The first-order chi connectivity index (χ1) is 10.2. The Balaban J connectivity index is 2.10. The number of aromatic amines is 1. The van der Waals surface area contributed by atoms with Gasteiger partial charge in [-0.15, -0.1) is 0 Å². The maximum Gasteiger partial charge on any atom is 0.304 e. The van der Waals surface area contributed by atoms with Gasteiger partial charge in [0.15, 0.2) is 11.5 Å². The molecule has 2 N–H and O–H groups in total. The van der Waals surface area contributed by atoms with Crippen LogP contribution in [-0.2, 0) is 13.1 Å². The van der Waals surface area contributed by atoms with E-state index in [0.29, 0.717) is 30.3 Å². The quantitative estimate of drug-likeness (QED) is 0.815. The van der Waals surface area contributed by atoms with E-state index in [0.717, 1.165) is 22.6 Å². The molecule has 0 atom stereocenters. The Bertz CT molecular complexity index is 651. The Morgan fingerprint density at radius 2 is 1.86 bits per heavy atom. The van der Waals surface area contributed by atoms with Gasteiger partial charge in [-0.05, 0) is 6.07 Å². The number of H-pyrrole nitrogens is 1. The van der Waals surface area contributed by atoms with E-state index >= 15 is 0 Å². The van der Waals surface area contributed by atoms with Crippen molar-refractivity contribution in [3.05, 3.63) is 38.4 Å². The number of nitrogens with one attached hydrogen (secondary N) is 2. The molecule has 0 aliphatic heterocycles. The molecular weight excluding hydrogens is 292 g/mol. The number of aromatic nitrogens is 1. The van der Waals surface area contributed by atoms with E-state index in [-0.39, 0.29) is 4.87 Å². The molecule has 114 valence electrons. The fraction of sp³-hybridized carbons (Fsp3) is 0.357. The Labute approximate surface area is 126 Å². The number of rotatable bonds is 7. The third-order valence-electron chi connectivity index (χ3n) is 2.99. The lowest BCUT2D eigenvalue weighted by Gasteiger charge is -2.16. The van der Waals surface area contributed by atoms with Crippen molar-refractivity contribution in [1.82, 2.24) is 10.3 Å². The lowest BCUT2D eigenvalue weighted by Crippen LogP contribution is -2.14. The second-order valence-corrected chi connectivity index (χ2v) is 5.11. The van der Waals surface area contributed by atoms with Crippen LogP contribution in [0.25, 0.3) is 0 Å². The molecule has 21 heavy (non-hydrogen) atoms. The van der Waals surface area contributed by atoms with Crippen LogP contribution in [0, 0.1) is 0 Å². The van der Waals surface area contributed by atoms with Crippen molar-refractivity contribution in [1.29, 1.82) is 0 Å². The number of hydrogen-bond acceptors (Lipinski definition) is 6. The maximum absolute atomic E-state index is 11.1. The molecule has 7 heteroatoms. The van der Waals surface area contributed by atoms with Crippen molar-refractivity contribution in [3.63, 3.8) is 0 Å². The lowest BCUT2D eigenvalue weighted by molar-refractivity contribution is 0.321. The van der Waals surface area contributed by atoms with E-state index in [2.05, 4.69) is 10.3 Å². The Morgan fingerprint density at radius 1 is 1.10 bits per heavy atom. The average Bonchev–Trinajstić information content (AvgIpc) is 2.91. The molecule has 0 saturated carbocycles. The van der Waals surface area contributed by atoms with Gasteiger partial charge in [-0.3, -0.25) is 4.79 Å². The van der Waals surface area contributed by atoms with Gasteiger partial charge in [-0.1, -0.05) is 17.4 Å². The molecule has 0 saturated heterocycles. The first kappa shape index (κ1) is 15.4. The minimum Gasteiger partial charge on any atom is -0.493 e. The summed E-state index contributed by atoms with van der Waals surface area (Å²) >= 11 is 1.16. The van der Waals surface area contributed by atoms with Crippen molar-refractivity contribution in [3.8, 4) is 17.2 Å². The molecule has 6 nitrogen and oxygen atoms in total. The standard InChI is InChI=1S/C14H18N2O4S/c1-18-11-5-4-9(12(19-2)13(11)20-3)6-15-7-10-8-21-14(17)16-10/h4-5,8,15H,6-7H2,1-3H3,(H,16,17). The highest BCUT2D eigenvalue weighted by Gasteiger charge is 2.15. The molecule has 1 aromatic heterocycles. The van der Waals surface area contributed by atoms with Gasteiger partial charge in [-0.25, -0.2) is 0 Å². The first-order valence-electron chi connectivity index (χ1n) is 6.34. The molecule has 1 heterocycles. The van der Waals surface area contributed by atoms with E-state index in [4.69, 9.17) is 14.2 Å². The van der Waals surface area contributed by atoms with Crippen LogP contribution < -0.4 is 24.4 Å². The molecule has 0 bridgehead atoms. The summed E-state index contributed by atoms with van der Waals surface area (Å²) in [6.45, 7) is 1.16. The van der Waals surface area contributed by atoms with Crippen molar-refractivity contribution in [2.24, 2.45) is 0 Å². The molecule has 0 fully saturated rings. The summed E-state index contributed by atoms with van der Waals surface area (Å²) in [5.74, 6) is 1.84. The zero-order valence-corrected chi connectivity index (χ0v) is 13.0. The number of thiazole rings is 1. The van der Waals surface area contributed by atoms with Gasteiger partial charge in [0, 0.05) is 29.7 Å². The molecule has 0 spiro atoms. The summed E-state index contributed by atoms with van der Waals surface area (Å²) < 4.78 is 16.0. The van der Waals surface area contributed by atoms with Crippen LogP contribution in [0.3, 0.4) is 0 Å². The number of hydrogen-bond donors (Lipinski definition) is 2. The molecular formula is C14H18N2O4S. The fourth-order valence-corrected chi connectivity index (χ4v) is 2.62. The predicted molar refractivity (Wildman–Crippen MR) is 81.6 cm³/mol. The number of methoxy groups -OCH3 is 3. The Hall–Kier alpha value is -1.99. The zero-order chi connectivity index (χ0) is 15.2. The highest BCUT2D eigenvalue weighted by molar-refractivity contribution is 7.07. The number of benzene rings is 1. The minimum absolute atomic E-state index is 0.0458. The summed E-state index contributed by atoms with van der Waals surface area (Å²) in [6, 6.07) is 3.76. The van der Waals surface area contributed by atoms with E-state index < -0.39 is 0 Å². The van der Waals surface area contributed by atoms with Crippen molar-refractivity contribution in [2.45, 2.75) is 13.1 Å². The van der Waals surface area contributed by atoms with Crippen LogP contribution in [0.2, 0.25) is 0 Å². The highest BCUT2D eigenvalue weighted by atomic mass is 32.1. The van der Waals surface area contributed by atoms with Crippen LogP contribution in [-0.4, -0.2) is 26.3 Å². The molecule has 2 aromatic rings. The van der Waals surface area contributed by atoms with Gasteiger partial charge in [-0.2, -0.15) is 0 Å². The normalized spacial score (nSPS) is 10.4. The predicted octanol–water partition coefficient (Wildman–Crippen LogP) is 1.75. The van der Waals surface area contributed by atoms with Crippen molar-refractivity contribution >= 4 is 11.3 Å². The van der Waals surface area contributed by atoms with Crippen LogP contribution in [0.1, 0.15) is 11.3 Å². The van der Waals surface area contributed by atoms with Crippen LogP contribution in [0.15, 0.2) is 22.3 Å². The second-order valence-electron chi connectivity index (χ2n) is 4.27. The molecule has 0 aliphatic carbocycles. The monoisotopic (exact) mass is 310 g/mol. The lowest BCUT2D eigenvalue weighted by atomic mass is 10.1. The van der Waals surface area contributed by atoms with Crippen LogP contribution in [0.4, 0.5) is 0 Å². The molecule has 1 aromatic carbocycles. The summed E-state index contributed by atoms with van der Waals surface area (Å²) in [7, 11) is 4.76. The van der Waals surface area contributed by atoms with Gasteiger partial charge < -0.3 is 24.5 Å². The topological polar surface area (TPSA) is 72.6 Å². The van der Waals surface area contributed by atoms with E-state index in [9.17, 15) is 4.79 Å². The molecule has 0 aliphatic rings. The summed E-state index contributed by atoms with van der Waals surface area (Å²) in [6.07, 6.45) is 0.